The lowest BCUT2D eigenvalue weighted by Gasteiger charge is -2.28. The summed E-state index contributed by atoms with van der Waals surface area (Å²) < 4.78 is 0. The van der Waals surface area contributed by atoms with Crippen LogP contribution in [0, 0.1) is 5.92 Å². The predicted molar refractivity (Wildman–Crippen MR) is 69.9 cm³/mol. The predicted octanol–water partition coefficient (Wildman–Crippen LogP) is -0.537. The van der Waals surface area contributed by atoms with Crippen molar-refractivity contribution in [2.75, 3.05) is 33.3 Å². The van der Waals surface area contributed by atoms with E-state index < -0.39 is 24.6 Å². The summed E-state index contributed by atoms with van der Waals surface area (Å²) in [6.07, 6.45) is 3.17. The third kappa shape index (κ3) is 5.89. The van der Waals surface area contributed by atoms with Crippen molar-refractivity contribution in [3.05, 3.63) is 0 Å². The van der Waals surface area contributed by atoms with Gasteiger partial charge in [-0.2, -0.15) is 0 Å². The van der Waals surface area contributed by atoms with Crippen molar-refractivity contribution in [1.29, 1.82) is 0 Å². The zero-order valence-electron chi connectivity index (χ0n) is 11.3. The van der Waals surface area contributed by atoms with Gasteiger partial charge in [-0.1, -0.05) is 0 Å². The molecule has 1 heterocycles. The average Bonchev–Trinajstić information content (AvgIpc) is 2.38. The number of aliphatic hydroxyl groups is 1. The Morgan fingerprint density at radius 3 is 2.53 bits per heavy atom. The minimum absolute atomic E-state index is 0.526. The van der Waals surface area contributed by atoms with E-state index in [-0.39, 0.29) is 0 Å². The molecule has 0 aromatic rings. The second kappa shape index (κ2) is 7.96. The van der Waals surface area contributed by atoms with Crippen LogP contribution in [-0.2, 0) is 4.79 Å². The number of aliphatic carboxylic acids is 1. The fourth-order valence-corrected chi connectivity index (χ4v) is 2.14. The fraction of sp³-hybridized carbons (Fsp3) is 0.833. The third-order valence-electron chi connectivity index (χ3n) is 3.46. The number of hydrogen-bond acceptors (Lipinski definition) is 4. The van der Waals surface area contributed by atoms with Gasteiger partial charge in [0.05, 0.1) is 6.61 Å². The van der Waals surface area contributed by atoms with Crippen molar-refractivity contribution in [3.63, 3.8) is 0 Å². The molecule has 110 valence electrons. The Morgan fingerprint density at radius 2 is 2.00 bits per heavy atom. The summed E-state index contributed by atoms with van der Waals surface area (Å²) in [5.74, 6) is -0.627. The smallest absolute Gasteiger partial charge is 0.328 e. The number of hydrogen-bond donors (Lipinski definition) is 4. The van der Waals surface area contributed by atoms with Crippen molar-refractivity contribution >= 4 is 12.0 Å². The molecule has 1 aliphatic rings. The summed E-state index contributed by atoms with van der Waals surface area (Å²) >= 11 is 0. The van der Waals surface area contributed by atoms with Gasteiger partial charge in [-0.05, 0) is 45.3 Å². The van der Waals surface area contributed by atoms with Crippen LogP contribution in [0.2, 0.25) is 0 Å². The van der Waals surface area contributed by atoms with Gasteiger partial charge in [-0.15, -0.1) is 0 Å². The zero-order valence-corrected chi connectivity index (χ0v) is 11.3. The van der Waals surface area contributed by atoms with Crippen LogP contribution in [0.15, 0.2) is 0 Å². The highest BCUT2D eigenvalue weighted by molar-refractivity contribution is 5.82. The summed E-state index contributed by atoms with van der Waals surface area (Å²) in [7, 11) is 2.10. The first-order valence-corrected chi connectivity index (χ1v) is 6.59. The van der Waals surface area contributed by atoms with Crippen LogP contribution in [0.1, 0.15) is 19.3 Å². The molecule has 4 N–H and O–H groups in total. The molecule has 2 amide bonds. The van der Waals surface area contributed by atoms with Gasteiger partial charge in [0, 0.05) is 6.54 Å². The van der Waals surface area contributed by atoms with E-state index in [4.69, 9.17) is 10.2 Å². The highest BCUT2D eigenvalue weighted by Crippen LogP contribution is 2.18. The second-order valence-electron chi connectivity index (χ2n) is 5.01. The molecule has 1 aliphatic heterocycles. The van der Waals surface area contributed by atoms with E-state index in [1.165, 1.54) is 0 Å². The van der Waals surface area contributed by atoms with Gasteiger partial charge in [0.15, 0.2) is 6.04 Å². The standard InChI is InChI=1S/C12H23N3O4/c1-15-6-3-9(4-7-15)2-5-13-12(19)14-10(8-16)11(17)18/h9-10,16H,2-8H2,1H3,(H,17,18)(H2,13,14,19)/t10-/m0/s1. The summed E-state index contributed by atoms with van der Waals surface area (Å²) in [6.45, 7) is 2.08. The molecule has 0 spiro atoms. The normalized spacial score (nSPS) is 18.8. The third-order valence-corrected chi connectivity index (χ3v) is 3.46. The maximum absolute atomic E-state index is 11.4. The first-order chi connectivity index (χ1) is 9.02. The zero-order chi connectivity index (χ0) is 14.3. The lowest BCUT2D eigenvalue weighted by atomic mass is 9.94. The van der Waals surface area contributed by atoms with Gasteiger partial charge in [-0.3, -0.25) is 0 Å². The van der Waals surface area contributed by atoms with Gasteiger partial charge in [0.25, 0.3) is 0 Å². The molecule has 0 radical (unpaired) electrons. The van der Waals surface area contributed by atoms with Crippen LogP contribution in [-0.4, -0.2) is 66.4 Å². The number of nitrogens with zero attached hydrogens (tertiary/aromatic N) is 1. The summed E-state index contributed by atoms with van der Waals surface area (Å²) in [5.41, 5.74) is 0. The Morgan fingerprint density at radius 1 is 1.37 bits per heavy atom. The van der Waals surface area contributed by atoms with Crippen LogP contribution in [0.4, 0.5) is 4.79 Å². The molecule has 7 heteroatoms. The Kier molecular flexibility index (Phi) is 6.58. The van der Waals surface area contributed by atoms with Gasteiger partial charge < -0.3 is 25.7 Å². The summed E-state index contributed by atoms with van der Waals surface area (Å²) in [4.78, 5) is 24.3. The molecule has 1 atom stereocenters. The maximum atomic E-state index is 11.4. The van der Waals surface area contributed by atoms with Crippen molar-refractivity contribution in [2.24, 2.45) is 5.92 Å². The van der Waals surface area contributed by atoms with Gasteiger partial charge >= 0.3 is 12.0 Å². The molecule has 7 nitrogen and oxygen atoms in total. The van der Waals surface area contributed by atoms with E-state index in [0.717, 1.165) is 32.4 Å². The second-order valence-corrected chi connectivity index (χ2v) is 5.01. The number of urea groups is 1. The van der Waals surface area contributed by atoms with Crippen molar-refractivity contribution < 1.29 is 19.8 Å². The van der Waals surface area contributed by atoms with Gasteiger partial charge in [-0.25, -0.2) is 9.59 Å². The number of carboxylic acids is 1. The number of likely N-dealkylation sites (tertiary alicyclic amines) is 1. The Balaban J connectivity index is 2.15. The Labute approximate surface area is 113 Å². The van der Waals surface area contributed by atoms with E-state index in [1.54, 1.807) is 0 Å². The highest BCUT2D eigenvalue weighted by atomic mass is 16.4. The van der Waals surface area contributed by atoms with E-state index in [2.05, 4.69) is 22.6 Å². The molecule has 1 rings (SSSR count). The van der Waals surface area contributed by atoms with Crippen molar-refractivity contribution in [3.8, 4) is 0 Å². The molecule has 1 fully saturated rings. The first kappa shape index (κ1) is 15.7. The molecule has 19 heavy (non-hydrogen) atoms. The van der Waals surface area contributed by atoms with Crippen LogP contribution >= 0.6 is 0 Å². The largest absolute Gasteiger partial charge is 0.480 e. The molecular weight excluding hydrogens is 250 g/mol. The molecule has 1 saturated heterocycles. The van der Waals surface area contributed by atoms with Crippen LogP contribution in [0.3, 0.4) is 0 Å². The fourth-order valence-electron chi connectivity index (χ4n) is 2.14. The molecule has 0 saturated carbocycles. The SMILES string of the molecule is CN1CCC(CCNC(=O)N[C@@H](CO)C(=O)O)CC1. The maximum Gasteiger partial charge on any atom is 0.328 e. The molecule has 0 aliphatic carbocycles. The Bertz CT molecular complexity index is 303. The Hall–Kier alpha value is -1.34. The van der Waals surface area contributed by atoms with Crippen LogP contribution in [0.5, 0.6) is 0 Å². The minimum atomic E-state index is -1.25. The highest BCUT2D eigenvalue weighted by Gasteiger charge is 2.19. The number of carboxylic acid groups (broad SMARTS) is 1. The van der Waals surface area contributed by atoms with Crippen LogP contribution in [0.25, 0.3) is 0 Å². The quantitative estimate of drug-likeness (QED) is 0.521. The number of piperidine rings is 1. The number of rotatable bonds is 6. The molecule has 0 bridgehead atoms. The number of carbonyl (C=O) groups excluding carboxylic acids is 1. The van der Waals surface area contributed by atoms with E-state index >= 15 is 0 Å². The lowest BCUT2D eigenvalue weighted by molar-refractivity contribution is -0.140. The molecule has 0 unspecified atom stereocenters. The van der Waals surface area contributed by atoms with E-state index in [1.807, 2.05) is 0 Å². The molecule has 0 aromatic carbocycles. The van der Waals surface area contributed by atoms with Gasteiger partial charge in [0.1, 0.15) is 0 Å². The van der Waals surface area contributed by atoms with Crippen molar-refractivity contribution in [1.82, 2.24) is 15.5 Å². The average molecular weight is 273 g/mol. The topological polar surface area (TPSA) is 102 Å². The van der Waals surface area contributed by atoms with Crippen molar-refractivity contribution in [2.45, 2.75) is 25.3 Å². The van der Waals surface area contributed by atoms with Gasteiger partial charge in [0.2, 0.25) is 0 Å². The number of amides is 2. The van der Waals surface area contributed by atoms with E-state index in [0.29, 0.717) is 12.5 Å². The summed E-state index contributed by atoms with van der Waals surface area (Å²) in [6, 6.07) is -1.79. The van der Waals surface area contributed by atoms with Crippen LogP contribution < -0.4 is 10.6 Å². The molecule has 0 aromatic heterocycles. The lowest BCUT2D eigenvalue weighted by Crippen LogP contribution is -2.48. The minimum Gasteiger partial charge on any atom is -0.480 e. The number of nitrogens with one attached hydrogen (secondary N) is 2. The molecular formula is C12H23N3O4. The summed E-state index contributed by atoms with van der Waals surface area (Å²) in [5, 5.41) is 22.3. The number of carbonyl (C=O) groups is 2. The monoisotopic (exact) mass is 273 g/mol. The van der Waals surface area contributed by atoms with E-state index in [9.17, 15) is 9.59 Å². The number of aliphatic hydroxyl groups excluding tert-OH is 1. The first-order valence-electron chi connectivity index (χ1n) is 6.59.